The van der Waals surface area contributed by atoms with Crippen molar-refractivity contribution in [3.63, 3.8) is 0 Å². The molecule has 0 aliphatic rings. The summed E-state index contributed by atoms with van der Waals surface area (Å²) in [6.07, 6.45) is 0.615. The minimum atomic E-state index is -0.0104. The number of nitrogens with zero attached hydrogens (tertiary/aromatic N) is 4. The van der Waals surface area contributed by atoms with Crippen molar-refractivity contribution in [2.24, 2.45) is 0 Å². The zero-order valence-electron chi connectivity index (χ0n) is 20.3. The lowest BCUT2D eigenvalue weighted by molar-refractivity contribution is -0.127. The number of fused-ring (bicyclic) bond motifs is 1. The topological polar surface area (TPSA) is 67.7 Å². The van der Waals surface area contributed by atoms with Crippen molar-refractivity contribution in [3.05, 3.63) is 59.4 Å². The molecule has 0 N–H and O–H groups in total. The van der Waals surface area contributed by atoms with Gasteiger partial charge in [0.05, 0.1) is 17.7 Å². The van der Waals surface area contributed by atoms with Gasteiger partial charge in [0.15, 0.2) is 0 Å². The molecule has 0 saturated carbocycles. The molecule has 2 amide bonds. The number of likely N-dealkylation sites (N-methyl/N-ethyl adjacent to an activating group) is 1. The SMILES string of the molecule is CCOc1ccc(Cc2nc3c(C(=O)N(CC)CC)cccc3n2CCN(C)C(C)=O)cc1. The summed E-state index contributed by atoms with van der Waals surface area (Å²) in [5.41, 5.74) is 3.33. The molecule has 0 aliphatic carbocycles. The number of hydrogen-bond acceptors (Lipinski definition) is 4. The van der Waals surface area contributed by atoms with E-state index in [-0.39, 0.29) is 11.8 Å². The molecule has 1 heterocycles. The van der Waals surface area contributed by atoms with Crippen LogP contribution in [0, 0.1) is 0 Å². The fraction of sp³-hybridized carbons (Fsp3) is 0.423. The summed E-state index contributed by atoms with van der Waals surface area (Å²) in [4.78, 5) is 33.4. The summed E-state index contributed by atoms with van der Waals surface area (Å²) in [6.45, 7) is 10.6. The third-order valence-electron chi connectivity index (χ3n) is 5.93. The van der Waals surface area contributed by atoms with Gasteiger partial charge in [-0.05, 0) is 50.6 Å². The van der Waals surface area contributed by atoms with Gasteiger partial charge in [-0.25, -0.2) is 4.98 Å². The van der Waals surface area contributed by atoms with E-state index in [4.69, 9.17) is 9.72 Å². The fourth-order valence-electron chi connectivity index (χ4n) is 3.89. The summed E-state index contributed by atoms with van der Waals surface area (Å²) in [5, 5.41) is 0. The van der Waals surface area contributed by atoms with Crippen LogP contribution in [0.15, 0.2) is 42.5 Å². The number of ether oxygens (including phenoxy) is 1. The van der Waals surface area contributed by atoms with Crippen molar-refractivity contribution in [2.75, 3.05) is 33.3 Å². The van der Waals surface area contributed by atoms with Crippen LogP contribution in [0.25, 0.3) is 11.0 Å². The molecule has 7 heteroatoms. The Kier molecular flexibility index (Phi) is 8.09. The van der Waals surface area contributed by atoms with Gasteiger partial charge < -0.3 is 19.1 Å². The molecule has 176 valence electrons. The van der Waals surface area contributed by atoms with Crippen molar-refractivity contribution < 1.29 is 14.3 Å². The second-order valence-corrected chi connectivity index (χ2v) is 8.02. The zero-order chi connectivity index (χ0) is 24.0. The summed E-state index contributed by atoms with van der Waals surface area (Å²) in [6, 6.07) is 13.8. The maximum atomic E-state index is 13.2. The van der Waals surface area contributed by atoms with Gasteiger partial charge in [0.1, 0.15) is 17.1 Å². The normalized spacial score (nSPS) is 10.9. The second-order valence-electron chi connectivity index (χ2n) is 8.02. The minimum absolute atomic E-state index is 0.0104. The standard InChI is InChI=1S/C26H34N4O3/c1-6-29(7-2)26(32)22-10-9-11-23-25(22)27-24(30(23)17-16-28(5)19(4)31)18-20-12-14-21(15-13-20)33-8-3/h9-15H,6-8,16-18H2,1-5H3. The number of hydrogen-bond donors (Lipinski definition) is 0. The number of amides is 2. The minimum Gasteiger partial charge on any atom is -0.494 e. The molecule has 33 heavy (non-hydrogen) atoms. The maximum absolute atomic E-state index is 13.2. The first-order valence-corrected chi connectivity index (χ1v) is 11.6. The molecule has 2 aromatic carbocycles. The summed E-state index contributed by atoms with van der Waals surface area (Å²) in [5.74, 6) is 1.71. The molecule has 7 nitrogen and oxygen atoms in total. The molecule has 0 fully saturated rings. The Morgan fingerprint density at radius 2 is 1.73 bits per heavy atom. The molecule has 0 bridgehead atoms. The van der Waals surface area contributed by atoms with Crippen molar-refractivity contribution in [1.29, 1.82) is 0 Å². The van der Waals surface area contributed by atoms with Gasteiger partial charge >= 0.3 is 0 Å². The maximum Gasteiger partial charge on any atom is 0.256 e. The Morgan fingerprint density at radius 1 is 1.03 bits per heavy atom. The molecule has 0 saturated heterocycles. The second kappa shape index (κ2) is 11.0. The predicted octanol–water partition coefficient (Wildman–Crippen LogP) is 3.99. The first-order valence-electron chi connectivity index (χ1n) is 11.6. The summed E-state index contributed by atoms with van der Waals surface area (Å²) < 4.78 is 7.68. The van der Waals surface area contributed by atoms with E-state index in [1.54, 1.807) is 18.9 Å². The van der Waals surface area contributed by atoms with Crippen LogP contribution in [-0.2, 0) is 17.8 Å². The van der Waals surface area contributed by atoms with Crippen LogP contribution < -0.4 is 4.74 Å². The highest BCUT2D eigenvalue weighted by atomic mass is 16.5. The van der Waals surface area contributed by atoms with Gasteiger partial charge in [0.2, 0.25) is 5.91 Å². The average molecular weight is 451 g/mol. The summed E-state index contributed by atoms with van der Waals surface area (Å²) in [7, 11) is 1.79. The third kappa shape index (κ3) is 5.53. The van der Waals surface area contributed by atoms with Crippen LogP contribution in [-0.4, -0.2) is 64.5 Å². The number of benzene rings is 2. The smallest absolute Gasteiger partial charge is 0.256 e. The highest BCUT2D eigenvalue weighted by molar-refractivity contribution is 6.05. The molecule has 3 rings (SSSR count). The largest absolute Gasteiger partial charge is 0.494 e. The molecular weight excluding hydrogens is 416 g/mol. The van der Waals surface area contributed by atoms with E-state index in [0.717, 1.165) is 22.7 Å². The van der Waals surface area contributed by atoms with Crippen LogP contribution in [0.1, 0.15) is 49.4 Å². The highest BCUT2D eigenvalue weighted by Crippen LogP contribution is 2.24. The van der Waals surface area contributed by atoms with E-state index in [9.17, 15) is 9.59 Å². The van der Waals surface area contributed by atoms with Crippen LogP contribution in [0.5, 0.6) is 5.75 Å². The van der Waals surface area contributed by atoms with Gasteiger partial charge in [-0.3, -0.25) is 9.59 Å². The molecule has 1 aromatic heterocycles. The Morgan fingerprint density at radius 3 is 2.33 bits per heavy atom. The molecule has 0 atom stereocenters. The third-order valence-corrected chi connectivity index (χ3v) is 5.93. The summed E-state index contributed by atoms with van der Waals surface area (Å²) >= 11 is 0. The van der Waals surface area contributed by atoms with Crippen LogP contribution in [0.2, 0.25) is 0 Å². The number of rotatable bonds is 10. The lowest BCUT2D eigenvalue weighted by atomic mass is 10.1. The fourth-order valence-corrected chi connectivity index (χ4v) is 3.89. The van der Waals surface area contributed by atoms with E-state index in [1.165, 1.54) is 0 Å². The van der Waals surface area contributed by atoms with E-state index in [2.05, 4.69) is 4.57 Å². The van der Waals surface area contributed by atoms with Gasteiger partial charge in [-0.1, -0.05) is 18.2 Å². The predicted molar refractivity (Wildman–Crippen MR) is 131 cm³/mol. The van der Waals surface area contributed by atoms with Gasteiger partial charge in [0.25, 0.3) is 5.91 Å². The average Bonchev–Trinajstić information content (AvgIpc) is 3.16. The quantitative estimate of drug-likeness (QED) is 0.468. The van der Waals surface area contributed by atoms with Crippen LogP contribution in [0.3, 0.4) is 0 Å². The number of para-hydroxylation sites is 1. The molecule has 0 radical (unpaired) electrons. The Labute approximate surface area is 196 Å². The van der Waals surface area contributed by atoms with Crippen molar-refractivity contribution in [3.8, 4) is 5.75 Å². The number of carbonyl (C=O) groups is 2. The number of imidazole rings is 1. The van der Waals surface area contributed by atoms with Crippen LogP contribution in [0.4, 0.5) is 0 Å². The molecule has 0 aliphatic heterocycles. The van der Waals surface area contributed by atoms with Gasteiger partial charge in [-0.2, -0.15) is 0 Å². The Bertz CT molecular complexity index is 1100. The lowest BCUT2D eigenvalue weighted by Crippen LogP contribution is -2.30. The van der Waals surface area contributed by atoms with E-state index in [0.29, 0.717) is 50.3 Å². The van der Waals surface area contributed by atoms with Gasteiger partial charge in [-0.15, -0.1) is 0 Å². The molecule has 0 unspecified atom stereocenters. The Balaban J connectivity index is 2.03. The first-order chi connectivity index (χ1) is 15.9. The highest BCUT2D eigenvalue weighted by Gasteiger charge is 2.21. The van der Waals surface area contributed by atoms with Crippen molar-refractivity contribution in [2.45, 2.75) is 40.7 Å². The number of aromatic nitrogens is 2. The van der Waals surface area contributed by atoms with Crippen LogP contribution >= 0.6 is 0 Å². The van der Waals surface area contributed by atoms with Crippen molar-refractivity contribution >= 4 is 22.8 Å². The molecular formula is C26H34N4O3. The molecule has 3 aromatic rings. The number of carbonyl (C=O) groups excluding carboxylic acids is 2. The van der Waals surface area contributed by atoms with E-state index in [1.807, 2.05) is 68.1 Å². The monoisotopic (exact) mass is 450 g/mol. The first kappa shape index (κ1) is 24.3. The Hall–Kier alpha value is -3.35. The van der Waals surface area contributed by atoms with Gasteiger partial charge in [0, 0.05) is 46.6 Å². The van der Waals surface area contributed by atoms with E-state index < -0.39 is 0 Å². The van der Waals surface area contributed by atoms with E-state index >= 15 is 0 Å². The zero-order valence-corrected chi connectivity index (χ0v) is 20.3. The lowest BCUT2D eigenvalue weighted by Gasteiger charge is -2.19. The van der Waals surface area contributed by atoms with Crippen molar-refractivity contribution in [1.82, 2.24) is 19.4 Å². The molecule has 0 spiro atoms.